The van der Waals surface area contributed by atoms with Crippen molar-refractivity contribution in [3.05, 3.63) is 94.5 Å². The van der Waals surface area contributed by atoms with E-state index in [-0.39, 0.29) is 49.5 Å². The fraction of sp³-hybridized carbons (Fsp3) is 0.435. The molecule has 8 amide bonds. The second-order valence-corrected chi connectivity index (χ2v) is 19.0. The first-order valence-electron chi connectivity index (χ1n) is 22.0. The van der Waals surface area contributed by atoms with Gasteiger partial charge in [-0.15, -0.1) is 0 Å². The van der Waals surface area contributed by atoms with E-state index in [2.05, 4.69) is 31.9 Å². The van der Waals surface area contributed by atoms with Crippen LogP contribution in [0.2, 0.25) is 5.02 Å². The molecule has 0 aliphatic carbocycles. The number of likely N-dealkylation sites (N-methyl/N-ethyl adjacent to an activating group) is 1. The molecule has 0 bridgehead atoms. The lowest BCUT2D eigenvalue weighted by molar-refractivity contribution is -0.139. The minimum absolute atomic E-state index is 0.00366. The van der Waals surface area contributed by atoms with Crippen LogP contribution in [-0.4, -0.2) is 142 Å². The molecular formula is C46H62ClN9O11S2. The largest absolute Gasteiger partial charge is 0.508 e. The zero-order chi connectivity index (χ0) is 51.0. The van der Waals surface area contributed by atoms with Gasteiger partial charge in [0.15, 0.2) is 0 Å². The van der Waals surface area contributed by atoms with Crippen molar-refractivity contribution in [2.45, 2.75) is 88.2 Å². The molecule has 3 rings (SSSR count). The fourth-order valence-electron chi connectivity index (χ4n) is 6.66. The molecule has 0 saturated heterocycles. The van der Waals surface area contributed by atoms with Crippen molar-refractivity contribution in [2.75, 3.05) is 38.7 Å². The molecule has 5 unspecified atom stereocenters. The fourth-order valence-corrected chi connectivity index (χ4v) is 8.10. The molecule has 13 N–H and O–H groups in total. The van der Waals surface area contributed by atoms with Crippen LogP contribution >= 0.6 is 33.2 Å². The Labute approximate surface area is 413 Å². The van der Waals surface area contributed by atoms with Crippen LogP contribution in [0.25, 0.3) is 0 Å². The first-order valence-corrected chi connectivity index (χ1v) is 25.1. The number of aromatic hydroxyl groups is 2. The molecule has 0 radical (unpaired) electrons. The second kappa shape index (κ2) is 29.7. The van der Waals surface area contributed by atoms with Gasteiger partial charge in [0.1, 0.15) is 41.7 Å². The van der Waals surface area contributed by atoms with Gasteiger partial charge in [-0.1, -0.05) is 69.6 Å². The van der Waals surface area contributed by atoms with Gasteiger partial charge < -0.3 is 63.6 Å². The van der Waals surface area contributed by atoms with E-state index in [4.69, 9.17) is 23.1 Å². The predicted octanol–water partition coefficient (Wildman–Crippen LogP) is 0.174. The minimum atomic E-state index is -1.61. The molecule has 0 aliphatic rings. The average molecular weight is 1020 g/mol. The molecule has 23 heteroatoms. The number of aryl methyl sites for hydroxylation is 1. The van der Waals surface area contributed by atoms with Crippen molar-refractivity contribution in [2.24, 2.45) is 11.5 Å². The van der Waals surface area contributed by atoms with Gasteiger partial charge >= 0.3 is 0 Å². The molecule has 6 atom stereocenters. The van der Waals surface area contributed by atoms with Crippen LogP contribution in [-0.2, 0) is 57.6 Å². The van der Waals surface area contributed by atoms with Crippen molar-refractivity contribution in [1.82, 2.24) is 36.8 Å². The zero-order valence-electron chi connectivity index (χ0n) is 38.6. The number of halogens is 1. The number of nitrogens with two attached hydrogens (primary N) is 2. The van der Waals surface area contributed by atoms with Crippen LogP contribution in [0, 0.1) is 0 Å². The molecule has 0 aliphatic heterocycles. The maximum Gasteiger partial charge on any atom is 0.245 e. The third-order valence-electron chi connectivity index (χ3n) is 10.6. The number of primary amides is 1. The van der Waals surface area contributed by atoms with Gasteiger partial charge in [-0.05, 0) is 98.5 Å². The van der Waals surface area contributed by atoms with Gasteiger partial charge in [0.25, 0.3) is 0 Å². The molecule has 3 aromatic carbocycles. The second-order valence-electron chi connectivity index (χ2n) is 16.0. The highest BCUT2D eigenvalue weighted by molar-refractivity contribution is 8.76. The summed E-state index contributed by atoms with van der Waals surface area (Å²) in [5.41, 5.74) is 13.3. The summed E-state index contributed by atoms with van der Waals surface area (Å²) >= 11 is 5.97. The van der Waals surface area contributed by atoms with Crippen LogP contribution in [0.3, 0.4) is 0 Å². The van der Waals surface area contributed by atoms with E-state index in [1.165, 1.54) is 59.8 Å². The molecule has 0 saturated carbocycles. The molecule has 0 heterocycles. The number of hydrogen-bond acceptors (Lipinski definition) is 14. The van der Waals surface area contributed by atoms with E-state index >= 15 is 0 Å². The Kier molecular flexibility index (Phi) is 24.7. The number of phenols is 2. The van der Waals surface area contributed by atoms with Crippen LogP contribution < -0.4 is 43.4 Å². The van der Waals surface area contributed by atoms with E-state index < -0.39 is 96.7 Å². The zero-order valence-corrected chi connectivity index (χ0v) is 41.0. The number of aliphatic hydroxyl groups is 1. The highest BCUT2D eigenvalue weighted by Crippen LogP contribution is 2.19. The Bertz CT molecular complexity index is 2190. The lowest BCUT2D eigenvalue weighted by Crippen LogP contribution is -2.59. The van der Waals surface area contributed by atoms with Crippen molar-refractivity contribution in [3.8, 4) is 11.5 Å². The number of carbonyl (C=O) groups is 8. The average Bonchev–Trinajstić information content (AvgIpc) is 3.32. The number of phenolic OH excluding ortho intramolecular Hbond substituents is 2. The number of unbranched alkanes of at least 4 members (excludes halogenated alkanes) is 1. The van der Waals surface area contributed by atoms with Gasteiger partial charge in [0.05, 0.1) is 19.2 Å². The normalized spacial score (nSPS) is 13.5. The first-order chi connectivity index (χ1) is 32.8. The summed E-state index contributed by atoms with van der Waals surface area (Å²) in [6, 6.07) is 12.5. The highest BCUT2D eigenvalue weighted by Gasteiger charge is 2.32. The minimum Gasteiger partial charge on any atom is -0.508 e. The summed E-state index contributed by atoms with van der Waals surface area (Å²) < 4.78 is 0. The summed E-state index contributed by atoms with van der Waals surface area (Å²) in [4.78, 5) is 107. The Morgan fingerprint density at radius 2 is 1.23 bits per heavy atom. The lowest BCUT2D eigenvalue weighted by Gasteiger charge is -2.27. The van der Waals surface area contributed by atoms with Crippen LogP contribution in [0.4, 0.5) is 0 Å². The molecule has 0 aromatic heterocycles. The maximum atomic E-state index is 13.8. The first kappa shape index (κ1) is 57.2. The van der Waals surface area contributed by atoms with E-state index in [9.17, 15) is 53.7 Å². The number of nitrogens with zero attached hydrogens (tertiary/aromatic N) is 1. The number of carbonyl (C=O) groups excluding carboxylic acids is 8. The van der Waals surface area contributed by atoms with Gasteiger partial charge in [-0.25, -0.2) is 0 Å². The van der Waals surface area contributed by atoms with Gasteiger partial charge in [-0.3, -0.25) is 38.4 Å². The maximum absolute atomic E-state index is 13.8. The Balaban J connectivity index is 1.68. The van der Waals surface area contributed by atoms with Crippen LogP contribution in [0.1, 0.15) is 49.3 Å². The van der Waals surface area contributed by atoms with Crippen LogP contribution in [0.15, 0.2) is 72.8 Å². The molecule has 376 valence electrons. The standard InChI is InChI=1S/C46H62ClN9O11S2/c1-27(57)41(46(67)51-25-40(62)56(2)37(42(49)63)23-30-11-18-33(59)19-12-30)55-44(65)34(6-4-5-21-48)52-39(61)24-50-43(64)35(22-29-9-16-32(58)17-10-29)54-45(66)36(26-69-68-3)53-38(60)20-13-28-7-14-31(47)15-8-28/h7-12,14-19,27,34-37,41,57-59H,4-6,13,20-26,48H2,1-3H3,(H2,49,63)(H,50,64)(H,51,67)(H,52,61)(H,53,60)(H,54,66)(H,55,65)/t27-,34?,35?,36?,37?,41?/m0/s1. The number of hydrogen-bond donors (Lipinski definition) is 11. The number of rotatable bonds is 29. The molecule has 69 heavy (non-hydrogen) atoms. The van der Waals surface area contributed by atoms with E-state index in [1.54, 1.807) is 54.8 Å². The quantitative estimate of drug-likeness (QED) is 0.0327. The summed E-state index contributed by atoms with van der Waals surface area (Å²) in [7, 11) is 4.02. The van der Waals surface area contributed by atoms with E-state index in [0.29, 0.717) is 35.4 Å². The Morgan fingerprint density at radius 3 is 1.80 bits per heavy atom. The lowest BCUT2D eigenvalue weighted by atomic mass is 10.0. The molecular weight excluding hydrogens is 954 g/mol. The number of amides is 8. The summed E-state index contributed by atoms with van der Waals surface area (Å²) in [5, 5.41) is 45.7. The van der Waals surface area contributed by atoms with Gasteiger partial charge in [-0.2, -0.15) is 0 Å². The summed E-state index contributed by atoms with van der Waals surface area (Å²) in [5.74, 6) is -5.90. The van der Waals surface area contributed by atoms with E-state index in [0.717, 1.165) is 10.5 Å². The van der Waals surface area contributed by atoms with Crippen LogP contribution in [0.5, 0.6) is 11.5 Å². The van der Waals surface area contributed by atoms with Crippen molar-refractivity contribution >= 4 is 80.4 Å². The molecule has 0 spiro atoms. The molecule has 0 fully saturated rings. The van der Waals surface area contributed by atoms with Crippen molar-refractivity contribution < 1.29 is 53.7 Å². The Morgan fingerprint density at radius 1 is 0.681 bits per heavy atom. The molecule has 20 nitrogen and oxygen atoms in total. The Hall–Kier alpha value is -6.07. The van der Waals surface area contributed by atoms with Crippen molar-refractivity contribution in [3.63, 3.8) is 0 Å². The summed E-state index contributed by atoms with van der Waals surface area (Å²) in [6.45, 7) is 0.188. The highest BCUT2D eigenvalue weighted by atomic mass is 35.5. The third-order valence-corrected chi connectivity index (χ3v) is 12.7. The summed E-state index contributed by atoms with van der Waals surface area (Å²) in [6.07, 6.45) is 1.57. The van der Waals surface area contributed by atoms with Gasteiger partial charge in [0, 0.05) is 37.1 Å². The topological polar surface area (TPSA) is 325 Å². The van der Waals surface area contributed by atoms with E-state index in [1.807, 2.05) is 0 Å². The number of nitrogens with one attached hydrogen (secondary N) is 6. The van der Waals surface area contributed by atoms with Gasteiger partial charge in [0.2, 0.25) is 47.3 Å². The number of aliphatic hydroxyl groups excluding tert-OH is 1. The SMILES string of the molecule is CSSCC(NC(=O)CCc1ccc(Cl)cc1)C(=O)NC(Cc1ccc(O)cc1)C(=O)NCC(=O)NC(CCCCN)C(=O)NC(C(=O)NCC(=O)N(C)C(Cc1ccc(O)cc1)C(N)=O)[C@H](C)O. The monoisotopic (exact) mass is 1020 g/mol. The van der Waals surface area contributed by atoms with Crippen molar-refractivity contribution in [1.29, 1.82) is 0 Å². The number of benzene rings is 3. The molecule has 3 aromatic rings. The smallest absolute Gasteiger partial charge is 0.245 e. The predicted molar refractivity (Wildman–Crippen MR) is 263 cm³/mol. The third kappa shape index (κ3) is 20.6.